The van der Waals surface area contributed by atoms with Gasteiger partial charge in [0.2, 0.25) is 5.91 Å². The number of thiophene rings is 1. The summed E-state index contributed by atoms with van der Waals surface area (Å²) in [4.78, 5) is 36.7. The monoisotopic (exact) mass is 399 g/mol. The molecule has 28 heavy (non-hydrogen) atoms. The van der Waals surface area contributed by atoms with Crippen LogP contribution in [0.15, 0.2) is 41.8 Å². The molecule has 0 aliphatic heterocycles. The Balaban J connectivity index is 1.92. The molecule has 1 aromatic carbocycles. The number of benzene rings is 1. The zero-order chi connectivity index (χ0) is 20.3. The molecule has 0 saturated heterocycles. The molecule has 3 rings (SSSR count). The van der Waals surface area contributed by atoms with Crippen LogP contribution in [0.3, 0.4) is 0 Å². The van der Waals surface area contributed by atoms with Gasteiger partial charge in [-0.05, 0) is 25.3 Å². The van der Waals surface area contributed by atoms with Gasteiger partial charge in [0.25, 0.3) is 0 Å². The Labute approximate surface area is 166 Å². The zero-order valence-corrected chi connectivity index (χ0v) is 16.4. The molecule has 1 aromatic heterocycles. The van der Waals surface area contributed by atoms with Crippen LogP contribution >= 0.6 is 11.3 Å². The third-order valence-electron chi connectivity index (χ3n) is 4.87. The van der Waals surface area contributed by atoms with Gasteiger partial charge in [0.15, 0.2) is 0 Å². The number of allylic oxidation sites excluding steroid dienone is 2. The number of carboxylic acid groups (broad SMARTS) is 1. The second kappa shape index (κ2) is 8.39. The van der Waals surface area contributed by atoms with Crippen LogP contribution in [0.5, 0.6) is 0 Å². The Morgan fingerprint density at radius 2 is 1.75 bits per heavy atom. The van der Waals surface area contributed by atoms with Gasteiger partial charge in [-0.3, -0.25) is 9.59 Å². The van der Waals surface area contributed by atoms with Gasteiger partial charge in [-0.25, -0.2) is 4.79 Å². The fraction of sp³-hybridized carbons (Fsp3) is 0.286. The molecule has 0 spiro atoms. The van der Waals surface area contributed by atoms with Gasteiger partial charge >= 0.3 is 11.9 Å². The van der Waals surface area contributed by atoms with Crippen molar-refractivity contribution >= 4 is 34.2 Å². The smallest absolute Gasteiger partial charge is 0.341 e. The molecule has 0 bridgehead atoms. The van der Waals surface area contributed by atoms with Crippen molar-refractivity contribution in [1.82, 2.24) is 0 Å². The van der Waals surface area contributed by atoms with E-state index in [1.54, 1.807) is 11.5 Å². The van der Waals surface area contributed by atoms with Crippen molar-refractivity contribution in [1.29, 1.82) is 0 Å². The molecule has 0 unspecified atom stereocenters. The summed E-state index contributed by atoms with van der Waals surface area (Å²) in [6.45, 7) is 1.97. The summed E-state index contributed by atoms with van der Waals surface area (Å²) in [6.07, 6.45) is 4.27. The Kier molecular flexibility index (Phi) is 5.94. The number of hydrogen-bond acceptors (Lipinski definition) is 5. The minimum absolute atomic E-state index is 0.280. The predicted octanol–water partition coefficient (Wildman–Crippen LogP) is 4.12. The molecular formula is C21H21NO5S. The number of amides is 1. The van der Waals surface area contributed by atoms with Crippen molar-refractivity contribution in [2.75, 3.05) is 12.4 Å². The Bertz CT molecular complexity index is 929. The number of aliphatic carboxylic acids is 1. The lowest BCUT2D eigenvalue weighted by molar-refractivity contribution is -0.146. The van der Waals surface area contributed by atoms with Gasteiger partial charge < -0.3 is 15.2 Å². The standard InChI is InChI=1S/C21H21NO5S/c1-12-7-9-13(10-8-12)16-11-28-19(17(16)21(26)27-2)22-18(23)14-5-3-4-6-15(14)20(24)25/h3-4,7-11,14-15H,5-6H2,1-2H3,(H,22,23)(H,24,25)/t14-,15-/m1/s1. The first-order valence-electron chi connectivity index (χ1n) is 8.88. The van der Waals surface area contributed by atoms with Crippen LogP contribution in [-0.4, -0.2) is 30.1 Å². The highest BCUT2D eigenvalue weighted by atomic mass is 32.1. The highest BCUT2D eigenvalue weighted by Gasteiger charge is 2.35. The van der Waals surface area contributed by atoms with E-state index >= 15 is 0 Å². The predicted molar refractivity (Wildman–Crippen MR) is 107 cm³/mol. The van der Waals surface area contributed by atoms with Gasteiger partial charge in [0.1, 0.15) is 10.6 Å². The number of esters is 1. The number of carbonyl (C=O) groups excluding carboxylic acids is 2. The van der Waals surface area contributed by atoms with Gasteiger partial charge in [-0.15, -0.1) is 11.3 Å². The normalized spacial score (nSPS) is 18.5. The van der Waals surface area contributed by atoms with Crippen LogP contribution in [0, 0.1) is 18.8 Å². The number of methoxy groups -OCH3 is 1. The largest absolute Gasteiger partial charge is 0.481 e. The maximum Gasteiger partial charge on any atom is 0.341 e. The number of ether oxygens (including phenoxy) is 1. The molecule has 1 aliphatic rings. The van der Waals surface area contributed by atoms with Crippen molar-refractivity contribution < 1.29 is 24.2 Å². The number of anilines is 1. The first kappa shape index (κ1) is 19.8. The second-order valence-electron chi connectivity index (χ2n) is 6.69. The third kappa shape index (κ3) is 3.99. The van der Waals surface area contributed by atoms with Crippen LogP contribution in [0.1, 0.15) is 28.8 Å². The van der Waals surface area contributed by atoms with Gasteiger partial charge in [-0.2, -0.15) is 0 Å². The number of carbonyl (C=O) groups is 3. The van der Waals surface area contributed by atoms with E-state index in [2.05, 4.69) is 5.32 Å². The molecule has 1 heterocycles. The first-order valence-corrected chi connectivity index (χ1v) is 9.75. The second-order valence-corrected chi connectivity index (χ2v) is 7.57. The lowest BCUT2D eigenvalue weighted by Crippen LogP contribution is -2.34. The molecule has 0 fully saturated rings. The highest BCUT2D eigenvalue weighted by molar-refractivity contribution is 7.15. The summed E-state index contributed by atoms with van der Waals surface area (Å²) >= 11 is 1.22. The van der Waals surface area contributed by atoms with Crippen LogP contribution in [0.2, 0.25) is 0 Å². The van der Waals surface area contributed by atoms with Crippen molar-refractivity contribution in [3.8, 4) is 11.1 Å². The van der Waals surface area contributed by atoms with Crippen molar-refractivity contribution in [3.05, 3.63) is 52.9 Å². The minimum atomic E-state index is -0.996. The Morgan fingerprint density at radius 3 is 2.36 bits per heavy atom. The lowest BCUT2D eigenvalue weighted by atomic mass is 9.82. The SMILES string of the molecule is COC(=O)c1c(-c2ccc(C)cc2)csc1NC(=O)[C@@H]1CC=CC[C@H]1C(=O)O. The first-order chi connectivity index (χ1) is 13.4. The lowest BCUT2D eigenvalue weighted by Gasteiger charge is -2.24. The van der Waals surface area contributed by atoms with Crippen LogP contribution in [0.4, 0.5) is 5.00 Å². The van der Waals surface area contributed by atoms with E-state index in [-0.39, 0.29) is 5.56 Å². The molecule has 1 amide bonds. The van der Waals surface area contributed by atoms with E-state index in [4.69, 9.17) is 4.74 Å². The molecule has 1 aliphatic carbocycles. The molecule has 0 saturated carbocycles. The quantitative estimate of drug-likeness (QED) is 0.583. The van der Waals surface area contributed by atoms with Crippen LogP contribution in [0.25, 0.3) is 11.1 Å². The van der Waals surface area contributed by atoms with E-state index in [1.165, 1.54) is 18.4 Å². The average molecular weight is 399 g/mol. The summed E-state index contributed by atoms with van der Waals surface area (Å²) in [5.74, 6) is -3.41. The molecular weight excluding hydrogens is 378 g/mol. The van der Waals surface area contributed by atoms with Gasteiger partial charge in [0.05, 0.1) is 18.9 Å². The minimum Gasteiger partial charge on any atom is -0.481 e. The molecule has 2 aromatic rings. The fourth-order valence-electron chi connectivity index (χ4n) is 3.28. The zero-order valence-electron chi connectivity index (χ0n) is 15.6. The van der Waals surface area contributed by atoms with Gasteiger partial charge in [-0.1, -0.05) is 42.0 Å². The molecule has 7 heteroatoms. The van der Waals surface area contributed by atoms with Crippen LogP contribution in [-0.2, 0) is 14.3 Å². The molecule has 6 nitrogen and oxygen atoms in total. The Hall–Kier alpha value is -2.93. The summed E-state index contributed by atoms with van der Waals surface area (Å²) in [6, 6.07) is 7.69. The molecule has 2 N–H and O–H groups in total. The maximum atomic E-state index is 12.8. The summed E-state index contributed by atoms with van der Waals surface area (Å²) < 4.78 is 4.92. The van der Waals surface area contributed by atoms with E-state index in [0.29, 0.717) is 23.4 Å². The topological polar surface area (TPSA) is 92.7 Å². The summed E-state index contributed by atoms with van der Waals surface area (Å²) in [7, 11) is 1.29. The number of hydrogen-bond donors (Lipinski definition) is 2. The molecule has 146 valence electrons. The molecule has 0 radical (unpaired) electrons. The number of nitrogens with one attached hydrogen (secondary N) is 1. The van der Waals surface area contributed by atoms with E-state index in [9.17, 15) is 19.5 Å². The number of carboxylic acids is 1. The number of rotatable bonds is 5. The molecule has 2 atom stereocenters. The van der Waals surface area contributed by atoms with Gasteiger partial charge in [0, 0.05) is 10.9 Å². The summed E-state index contributed by atoms with van der Waals surface area (Å²) in [5, 5.41) is 14.3. The maximum absolute atomic E-state index is 12.8. The average Bonchev–Trinajstić information content (AvgIpc) is 3.11. The van der Waals surface area contributed by atoms with E-state index in [1.807, 2.05) is 37.3 Å². The van der Waals surface area contributed by atoms with E-state index in [0.717, 1.165) is 11.1 Å². The summed E-state index contributed by atoms with van der Waals surface area (Å²) in [5.41, 5.74) is 2.89. The third-order valence-corrected chi connectivity index (χ3v) is 5.76. The van der Waals surface area contributed by atoms with Crippen LogP contribution < -0.4 is 5.32 Å². The van der Waals surface area contributed by atoms with Crippen molar-refractivity contribution in [2.45, 2.75) is 19.8 Å². The van der Waals surface area contributed by atoms with Crippen molar-refractivity contribution in [3.63, 3.8) is 0 Å². The highest BCUT2D eigenvalue weighted by Crippen LogP contribution is 2.37. The number of aryl methyl sites for hydroxylation is 1. The fourth-order valence-corrected chi connectivity index (χ4v) is 4.24. The van der Waals surface area contributed by atoms with Crippen molar-refractivity contribution in [2.24, 2.45) is 11.8 Å². The van der Waals surface area contributed by atoms with E-state index < -0.39 is 29.7 Å². The Morgan fingerprint density at radius 1 is 1.11 bits per heavy atom.